The van der Waals surface area contributed by atoms with Gasteiger partial charge in [-0.25, -0.2) is 13.4 Å². The molecule has 1 N–H and O–H groups in total. The zero-order valence-electron chi connectivity index (χ0n) is 17.4. The Bertz CT molecular complexity index is 1220. The summed E-state index contributed by atoms with van der Waals surface area (Å²) in [7, 11) is -2.14. The summed E-state index contributed by atoms with van der Waals surface area (Å²) in [5, 5.41) is 8.52. The van der Waals surface area contributed by atoms with Crippen molar-refractivity contribution in [3.8, 4) is 0 Å². The molecule has 8 nitrogen and oxygen atoms in total. The number of hydrogen-bond acceptors (Lipinski definition) is 5. The normalized spacial score (nSPS) is 17.7. The number of halogens is 1. The van der Waals surface area contributed by atoms with Gasteiger partial charge in [-0.05, 0) is 62.1 Å². The quantitative estimate of drug-likeness (QED) is 0.630. The number of pyridine rings is 1. The lowest BCUT2D eigenvalue weighted by atomic mass is 10.1. The molecular weight excluding hydrogens is 438 g/mol. The summed E-state index contributed by atoms with van der Waals surface area (Å²) in [6.45, 7) is 2.46. The number of amides is 1. The van der Waals surface area contributed by atoms with Gasteiger partial charge in [0, 0.05) is 36.7 Å². The van der Waals surface area contributed by atoms with Crippen LogP contribution in [0.3, 0.4) is 0 Å². The third kappa shape index (κ3) is 4.30. The van der Waals surface area contributed by atoms with Gasteiger partial charge >= 0.3 is 0 Å². The largest absolute Gasteiger partial charge is 0.355 e. The van der Waals surface area contributed by atoms with E-state index in [0.717, 1.165) is 29.6 Å². The van der Waals surface area contributed by atoms with Crippen LogP contribution >= 0.6 is 11.6 Å². The number of aryl methyl sites for hydroxylation is 2. The Labute approximate surface area is 186 Å². The van der Waals surface area contributed by atoms with E-state index >= 15 is 0 Å². The van der Waals surface area contributed by atoms with Crippen molar-refractivity contribution in [1.29, 1.82) is 0 Å². The third-order valence-electron chi connectivity index (χ3n) is 5.53. The van der Waals surface area contributed by atoms with E-state index in [4.69, 9.17) is 11.6 Å². The van der Waals surface area contributed by atoms with Gasteiger partial charge < -0.3 is 5.32 Å². The second-order valence-electron chi connectivity index (χ2n) is 7.73. The fraction of sp³-hybridized carbons (Fsp3) is 0.381. The van der Waals surface area contributed by atoms with Crippen LogP contribution in [0.25, 0.3) is 11.0 Å². The number of hydrogen-bond donors (Lipinski definition) is 1. The van der Waals surface area contributed by atoms with Crippen LogP contribution < -0.4 is 5.32 Å². The maximum absolute atomic E-state index is 13.6. The maximum atomic E-state index is 13.6. The Balaban J connectivity index is 1.77. The zero-order valence-corrected chi connectivity index (χ0v) is 18.9. The van der Waals surface area contributed by atoms with E-state index < -0.39 is 16.1 Å². The first kappa shape index (κ1) is 21.7. The van der Waals surface area contributed by atoms with Crippen LogP contribution in [0.4, 0.5) is 0 Å². The molecule has 1 amide bonds. The van der Waals surface area contributed by atoms with E-state index in [2.05, 4.69) is 15.4 Å². The number of nitrogens with one attached hydrogen (secondary N) is 1. The van der Waals surface area contributed by atoms with Crippen molar-refractivity contribution in [3.63, 3.8) is 0 Å². The molecule has 4 rings (SSSR count). The minimum atomic E-state index is -3.96. The zero-order chi connectivity index (χ0) is 22.2. The molecule has 1 aliphatic heterocycles. The fourth-order valence-electron chi connectivity index (χ4n) is 3.92. The summed E-state index contributed by atoms with van der Waals surface area (Å²) in [5.74, 6) is -0.276. The minimum absolute atomic E-state index is 0.0281. The Kier molecular flexibility index (Phi) is 6.00. The van der Waals surface area contributed by atoms with Crippen LogP contribution in [0, 0.1) is 6.92 Å². The van der Waals surface area contributed by atoms with E-state index in [9.17, 15) is 13.2 Å². The second kappa shape index (κ2) is 8.57. The highest BCUT2D eigenvalue weighted by atomic mass is 35.5. The van der Waals surface area contributed by atoms with Crippen molar-refractivity contribution in [3.05, 3.63) is 52.8 Å². The predicted octanol–water partition coefficient (Wildman–Crippen LogP) is 2.79. The molecule has 0 saturated carbocycles. The molecule has 0 radical (unpaired) electrons. The van der Waals surface area contributed by atoms with Crippen LogP contribution in [0.5, 0.6) is 0 Å². The lowest BCUT2D eigenvalue weighted by Crippen LogP contribution is -2.48. The third-order valence-corrected chi connectivity index (χ3v) is 7.65. The van der Waals surface area contributed by atoms with Crippen LogP contribution in [-0.4, -0.2) is 46.0 Å². The number of rotatable bonds is 5. The summed E-state index contributed by atoms with van der Waals surface area (Å²) in [4.78, 5) is 17.3. The second-order valence-corrected chi connectivity index (χ2v) is 10.1. The summed E-state index contributed by atoms with van der Waals surface area (Å²) >= 11 is 5.95. The van der Waals surface area contributed by atoms with E-state index in [-0.39, 0.29) is 17.3 Å². The number of carbonyl (C=O) groups is 1. The van der Waals surface area contributed by atoms with E-state index in [0.29, 0.717) is 23.6 Å². The van der Waals surface area contributed by atoms with Gasteiger partial charge in [0.05, 0.1) is 10.6 Å². The molecule has 1 saturated heterocycles. The van der Waals surface area contributed by atoms with Gasteiger partial charge in [-0.3, -0.25) is 9.48 Å². The number of nitrogens with zero attached hydrogens (tertiary/aromatic N) is 4. The summed E-state index contributed by atoms with van der Waals surface area (Å²) in [6, 6.07) is 7.09. The average Bonchev–Trinajstić information content (AvgIpc) is 2.88. The van der Waals surface area contributed by atoms with Crippen molar-refractivity contribution >= 4 is 38.6 Å². The van der Waals surface area contributed by atoms with E-state index in [1.165, 1.54) is 28.6 Å². The SMILES string of the molecule is Cc1nn(C)c2ncc(CN([C@@H]3CCCCNC3=O)S(=O)(=O)c3ccc(Cl)cc3)cc12. The van der Waals surface area contributed by atoms with Crippen LogP contribution in [0.15, 0.2) is 41.4 Å². The van der Waals surface area contributed by atoms with Gasteiger partial charge in [0.2, 0.25) is 15.9 Å². The van der Waals surface area contributed by atoms with Crippen LogP contribution in [0.1, 0.15) is 30.5 Å². The lowest BCUT2D eigenvalue weighted by Gasteiger charge is -2.29. The molecule has 1 fully saturated rings. The number of benzene rings is 1. The molecule has 3 heterocycles. The van der Waals surface area contributed by atoms with Gasteiger partial charge in [0.15, 0.2) is 5.65 Å². The molecule has 164 valence electrons. The molecule has 10 heteroatoms. The monoisotopic (exact) mass is 461 g/mol. The molecule has 2 aromatic heterocycles. The first-order valence-electron chi connectivity index (χ1n) is 10.1. The Morgan fingerprint density at radius 3 is 2.74 bits per heavy atom. The fourth-order valence-corrected chi connectivity index (χ4v) is 5.65. The standard InChI is InChI=1S/C21H24ClN5O3S/c1-14-18-11-15(12-24-20(18)26(2)25-14)13-27(19-5-3-4-10-23-21(19)28)31(29,30)17-8-6-16(22)7-9-17/h6-9,11-12,19H,3-5,10,13H2,1-2H3,(H,23,28)/t19-/m1/s1. The molecular formula is C21H24ClN5O3S. The van der Waals surface area contributed by atoms with Crippen LogP contribution in [-0.2, 0) is 28.4 Å². The average molecular weight is 462 g/mol. The van der Waals surface area contributed by atoms with E-state index in [1.54, 1.807) is 10.9 Å². The first-order valence-corrected chi connectivity index (χ1v) is 11.9. The highest BCUT2D eigenvalue weighted by Gasteiger charge is 2.36. The molecule has 0 unspecified atom stereocenters. The van der Waals surface area contributed by atoms with Gasteiger partial charge in [0.25, 0.3) is 0 Å². The predicted molar refractivity (Wildman–Crippen MR) is 118 cm³/mol. The highest BCUT2D eigenvalue weighted by molar-refractivity contribution is 7.89. The number of carbonyl (C=O) groups excluding carboxylic acids is 1. The molecule has 1 aromatic carbocycles. The Hall–Kier alpha value is -2.49. The summed E-state index contributed by atoms with van der Waals surface area (Å²) in [5.41, 5.74) is 2.23. The van der Waals surface area contributed by atoms with Gasteiger partial charge in [-0.15, -0.1) is 0 Å². The van der Waals surface area contributed by atoms with E-state index in [1.807, 2.05) is 20.0 Å². The Morgan fingerprint density at radius 1 is 1.26 bits per heavy atom. The molecule has 31 heavy (non-hydrogen) atoms. The highest BCUT2D eigenvalue weighted by Crippen LogP contribution is 2.27. The molecule has 0 spiro atoms. The molecule has 1 aliphatic rings. The topological polar surface area (TPSA) is 97.2 Å². The van der Waals surface area contributed by atoms with Crippen molar-refractivity contribution in [2.75, 3.05) is 6.54 Å². The van der Waals surface area contributed by atoms with Gasteiger partial charge in [-0.1, -0.05) is 11.6 Å². The van der Waals surface area contributed by atoms with Crippen molar-refractivity contribution in [2.45, 2.75) is 43.7 Å². The van der Waals surface area contributed by atoms with Gasteiger partial charge in [-0.2, -0.15) is 9.40 Å². The summed E-state index contributed by atoms with van der Waals surface area (Å²) < 4.78 is 30.2. The number of sulfonamides is 1. The van der Waals surface area contributed by atoms with Crippen molar-refractivity contribution < 1.29 is 13.2 Å². The smallest absolute Gasteiger partial charge is 0.244 e. The lowest BCUT2D eigenvalue weighted by molar-refractivity contribution is -0.124. The molecule has 3 aromatic rings. The van der Waals surface area contributed by atoms with Gasteiger partial charge in [0.1, 0.15) is 6.04 Å². The minimum Gasteiger partial charge on any atom is -0.355 e. The summed E-state index contributed by atoms with van der Waals surface area (Å²) in [6.07, 6.45) is 3.68. The van der Waals surface area contributed by atoms with Crippen molar-refractivity contribution in [2.24, 2.45) is 7.05 Å². The maximum Gasteiger partial charge on any atom is 0.244 e. The Morgan fingerprint density at radius 2 is 2.00 bits per heavy atom. The van der Waals surface area contributed by atoms with Crippen LogP contribution in [0.2, 0.25) is 5.02 Å². The molecule has 0 aliphatic carbocycles. The number of fused-ring (bicyclic) bond motifs is 1. The van der Waals surface area contributed by atoms with Crippen molar-refractivity contribution in [1.82, 2.24) is 24.4 Å². The number of aromatic nitrogens is 3. The molecule has 0 bridgehead atoms. The molecule has 1 atom stereocenters. The first-order chi connectivity index (χ1) is 14.8.